The number of benzene rings is 1. The van der Waals surface area contributed by atoms with Gasteiger partial charge < -0.3 is 15.2 Å². The van der Waals surface area contributed by atoms with E-state index in [0.717, 1.165) is 17.9 Å². The lowest BCUT2D eigenvalue weighted by molar-refractivity contribution is 0.00816. The number of ether oxygens (including phenoxy) is 1. The monoisotopic (exact) mass is 271 g/mol. The average molecular weight is 272 g/mol. The largest absolute Gasteiger partial charge is 0.490 e. The molecule has 3 nitrogen and oxygen atoms in total. The molecule has 0 bridgehead atoms. The minimum Gasteiger partial charge on any atom is -0.490 e. The molecule has 0 fully saturated rings. The Hall–Kier alpha value is -0.770. The first-order valence-corrected chi connectivity index (χ1v) is 6.71. The second-order valence-corrected chi connectivity index (χ2v) is 5.04. The molecule has 0 aliphatic carbocycles. The van der Waals surface area contributed by atoms with Crippen LogP contribution >= 0.6 is 11.6 Å². The van der Waals surface area contributed by atoms with Gasteiger partial charge in [-0.3, -0.25) is 0 Å². The summed E-state index contributed by atoms with van der Waals surface area (Å²) in [6.07, 6.45) is 0.649. The van der Waals surface area contributed by atoms with Gasteiger partial charge in [-0.1, -0.05) is 31.5 Å². The highest BCUT2D eigenvalue weighted by Crippen LogP contribution is 2.27. The first-order chi connectivity index (χ1) is 8.50. The minimum absolute atomic E-state index is 0.267. The van der Waals surface area contributed by atoms with Crippen LogP contribution in [0.1, 0.15) is 32.8 Å². The normalized spacial score (nSPS) is 14.3. The summed E-state index contributed by atoms with van der Waals surface area (Å²) in [6, 6.07) is 5.58. The second kappa shape index (κ2) is 6.98. The van der Waals surface area contributed by atoms with Crippen molar-refractivity contribution >= 4 is 11.6 Å². The Morgan fingerprint density at radius 1 is 1.39 bits per heavy atom. The summed E-state index contributed by atoms with van der Waals surface area (Å²) >= 11 is 6.17. The number of aliphatic hydroxyl groups is 1. The van der Waals surface area contributed by atoms with Gasteiger partial charge in [0.15, 0.2) is 0 Å². The van der Waals surface area contributed by atoms with Crippen molar-refractivity contribution in [2.24, 2.45) is 0 Å². The Morgan fingerprint density at radius 2 is 2.11 bits per heavy atom. The van der Waals surface area contributed by atoms with Crippen LogP contribution in [0.15, 0.2) is 18.2 Å². The fourth-order valence-corrected chi connectivity index (χ4v) is 1.66. The van der Waals surface area contributed by atoms with Gasteiger partial charge in [0.05, 0.1) is 5.60 Å². The Morgan fingerprint density at radius 3 is 2.72 bits per heavy atom. The first kappa shape index (κ1) is 15.3. The van der Waals surface area contributed by atoms with Crippen LogP contribution in [-0.4, -0.2) is 23.9 Å². The molecule has 0 saturated carbocycles. The zero-order valence-electron chi connectivity index (χ0n) is 11.3. The number of hydrogen-bond donors (Lipinski definition) is 2. The van der Waals surface area contributed by atoms with E-state index in [1.54, 1.807) is 6.92 Å². The molecule has 0 heterocycles. The molecule has 0 aromatic heterocycles. The maximum atomic E-state index is 9.95. The van der Waals surface area contributed by atoms with Crippen molar-refractivity contribution in [1.29, 1.82) is 0 Å². The summed E-state index contributed by atoms with van der Waals surface area (Å²) in [7, 11) is 0. The van der Waals surface area contributed by atoms with Crippen LogP contribution in [0.5, 0.6) is 5.75 Å². The number of halogens is 1. The lowest BCUT2D eigenvalue weighted by atomic mass is 10.1. The third-order valence-electron chi connectivity index (χ3n) is 2.93. The Kier molecular flexibility index (Phi) is 5.93. The van der Waals surface area contributed by atoms with Crippen molar-refractivity contribution in [2.45, 2.75) is 39.3 Å². The highest BCUT2D eigenvalue weighted by Gasteiger charge is 2.19. The molecule has 1 rings (SSSR count). The highest BCUT2D eigenvalue weighted by atomic mass is 35.5. The van der Waals surface area contributed by atoms with Gasteiger partial charge in [-0.25, -0.2) is 0 Å². The van der Waals surface area contributed by atoms with Crippen molar-refractivity contribution in [2.75, 3.05) is 13.2 Å². The molecule has 102 valence electrons. The Bertz CT molecular complexity index is 380. The number of rotatable bonds is 7. The van der Waals surface area contributed by atoms with E-state index in [4.69, 9.17) is 16.3 Å². The smallest absolute Gasteiger partial charge is 0.125 e. The van der Waals surface area contributed by atoms with Crippen LogP contribution in [0.3, 0.4) is 0 Å². The zero-order chi connectivity index (χ0) is 13.6. The topological polar surface area (TPSA) is 41.5 Å². The summed E-state index contributed by atoms with van der Waals surface area (Å²) in [5, 5.41) is 13.9. The molecule has 1 atom stereocenters. The highest BCUT2D eigenvalue weighted by molar-refractivity contribution is 6.31. The zero-order valence-corrected chi connectivity index (χ0v) is 12.0. The van der Waals surface area contributed by atoms with Gasteiger partial charge in [-0.2, -0.15) is 0 Å². The third-order valence-corrected chi connectivity index (χ3v) is 3.28. The van der Waals surface area contributed by atoms with E-state index in [9.17, 15) is 5.11 Å². The van der Waals surface area contributed by atoms with Gasteiger partial charge in [0.25, 0.3) is 0 Å². The Balaban J connectivity index is 2.78. The summed E-state index contributed by atoms with van der Waals surface area (Å²) in [4.78, 5) is 0. The molecule has 0 aliphatic heterocycles. The quantitative estimate of drug-likeness (QED) is 0.801. The number of nitrogens with one attached hydrogen (secondary N) is 1. The molecular weight excluding hydrogens is 250 g/mol. The van der Waals surface area contributed by atoms with E-state index in [2.05, 4.69) is 5.32 Å². The molecule has 2 N–H and O–H groups in total. The van der Waals surface area contributed by atoms with E-state index in [0.29, 0.717) is 18.0 Å². The van der Waals surface area contributed by atoms with Gasteiger partial charge in [0, 0.05) is 17.1 Å². The molecule has 0 spiro atoms. The van der Waals surface area contributed by atoms with Crippen molar-refractivity contribution < 1.29 is 9.84 Å². The third kappa shape index (κ3) is 4.48. The minimum atomic E-state index is -0.808. The van der Waals surface area contributed by atoms with Crippen LogP contribution in [0.2, 0.25) is 5.02 Å². The van der Waals surface area contributed by atoms with Crippen LogP contribution in [0.4, 0.5) is 0 Å². The van der Waals surface area contributed by atoms with Gasteiger partial charge in [-0.15, -0.1) is 0 Å². The van der Waals surface area contributed by atoms with Gasteiger partial charge in [0.2, 0.25) is 0 Å². The molecule has 1 aromatic carbocycles. The Labute approximate surface area is 114 Å². The second-order valence-electron chi connectivity index (χ2n) is 4.64. The fourth-order valence-electron chi connectivity index (χ4n) is 1.43. The standard InChI is InChI=1S/C14H22ClNO2/c1-4-14(3,17)10-18-13-8-6-7-12(15)11(13)9-16-5-2/h6-8,16-17H,4-5,9-10H2,1-3H3. The van der Waals surface area contributed by atoms with Crippen molar-refractivity contribution in [3.05, 3.63) is 28.8 Å². The molecule has 1 aromatic rings. The van der Waals surface area contributed by atoms with E-state index in [1.807, 2.05) is 32.0 Å². The maximum Gasteiger partial charge on any atom is 0.125 e. The summed E-state index contributed by atoms with van der Waals surface area (Å²) in [5.41, 5.74) is 0.130. The van der Waals surface area contributed by atoms with Crippen LogP contribution < -0.4 is 10.1 Å². The van der Waals surface area contributed by atoms with E-state index in [1.165, 1.54) is 0 Å². The summed E-state index contributed by atoms with van der Waals surface area (Å²) in [5.74, 6) is 0.733. The van der Waals surface area contributed by atoms with Crippen molar-refractivity contribution in [3.8, 4) is 5.75 Å². The van der Waals surface area contributed by atoms with Crippen LogP contribution in [0.25, 0.3) is 0 Å². The molecule has 0 radical (unpaired) electrons. The average Bonchev–Trinajstić information content (AvgIpc) is 2.35. The predicted octanol–water partition coefficient (Wildman–Crippen LogP) is 2.99. The molecule has 18 heavy (non-hydrogen) atoms. The van der Waals surface area contributed by atoms with Gasteiger partial charge >= 0.3 is 0 Å². The lowest BCUT2D eigenvalue weighted by Gasteiger charge is -2.23. The van der Waals surface area contributed by atoms with E-state index < -0.39 is 5.60 Å². The molecular formula is C14H22ClNO2. The molecule has 4 heteroatoms. The van der Waals surface area contributed by atoms with Crippen LogP contribution in [0, 0.1) is 0 Å². The van der Waals surface area contributed by atoms with E-state index >= 15 is 0 Å². The molecule has 0 aliphatic rings. The maximum absolute atomic E-state index is 9.95. The predicted molar refractivity (Wildman–Crippen MR) is 75.2 cm³/mol. The molecule has 0 amide bonds. The van der Waals surface area contributed by atoms with Gasteiger partial charge in [-0.05, 0) is 32.0 Å². The SMILES string of the molecule is CCNCc1c(Cl)cccc1OCC(C)(O)CC. The molecule has 1 unspecified atom stereocenters. The van der Waals surface area contributed by atoms with Crippen LogP contribution in [-0.2, 0) is 6.54 Å². The fraction of sp³-hybridized carbons (Fsp3) is 0.571. The van der Waals surface area contributed by atoms with Crippen molar-refractivity contribution in [3.63, 3.8) is 0 Å². The lowest BCUT2D eigenvalue weighted by Crippen LogP contribution is -2.31. The molecule has 0 saturated heterocycles. The number of hydrogen-bond acceptors (Lipinski definition) is 3. The van der Waals surface area contributed by atoms with E-state index in [-0.39, 0.29) is 6.61 Å². The summed E-state index contributed by atoms with van der Waals surface area (Å²) in [6.45, 7) is 7.54. The summed E-state index contributed by atoms with van der Waals surface area (Å²) < 4.78 is 5.70. The first-order valence-electron chi connectivity index (χ1n) is 6.33. The van der Waals surface area contributed by atoms with Gasteiger partial charge in [0.1, 0.15) is 12.4 Å². The van der Waals surface area contributed by atoms with Crippen molar-refractivity contribution in [1.82, 2.24) is 5.32 Å².